The highest BCUT2D eigenvalue weighted by Gasteiger charge is 2.47. The number of hydrogen-bond acceptors (Lipinski definition) is 3. The highest BCUT2D eigenvalue weighted by molar-refractivity contribution is 7.86. The van der Waals surface area contributed by atoms with Gasteiger partial charge in [-0.25, -0.2) is 0 Å². The Morgan fingerprint density at radius 1 is 0.561 bits per heavy atom. The molecule has 196 valence electrons. The van der Waals surface area contributed by atoms with Gasteiger partial charge in [0.15, 0.2) is 7.14 Å². The minimum absolute atomic E-state index is 0.576. The average molecular weight is 550 g/mol. The number of fused-ring (bicyclic) bond motifs is 9. The van der Waals surface area contributed by atoms with Crippen molar-refractivity contribution in [2.24, 2.45) is 0 Å². The monoisotopic (exact) mass is 549 g/mol. The maximum atomic E-state index is 15.7. The summed E-state index contributed by atoms with van der Waals surface area (Å²) in [4.78, 5) is 0. The summed E-state index contributed by atoms with van der Waals surface area (Å²) < 4.78 is 31.1. The normalized spacial score (nSPS) is 16.6. The molecule has 0 saturated heterocycles. The first-order valence-electron chi connectivity index (χ1n) is 13.8. The zero-order chi connectivity index (χ0) is 27.5. The number of nitrogens with zero attached hydrogens (tertiary/aromatic N) is 1. The van der Waals surface area contributed by atoms with Crippen molar-refractivity contribution in [1.82, 2.24) is 4.57 Å². The maximum absolute atomic E-state index is 15.7. The van der Waals surface area contributed by atoms with Crippen LogP contribution in [-0.4, -0.2) is 4.57 Å². The van der Waals surface area contributed by atoms with Crippen LogP contribution in [0.2, 0.25) is 0 Å². The molecule has 5 heteroatoms. The van der Waals surface area contributed by atoms with Crippen molar-refractivity contribution in [2.45, 2.75) is 13.8 Å². The molecule has 9 rings (SSSR count). The van der Waals surface area contributed by atoms with Crippen LogP contribution in [-0.2, 0) is 4.57 Å². The van der Waals surface area contributed by atoms with Gasteiger partial charge in [0.05, 0.1) is 27.3 Å². The highest BCUT2D eigenvalue weighted by Crippen LogP contribution is 2.59. The van der Waals surface area contributed by atoms with Crippen molar-refractivity contribution >= 4 is 55.6 Å². The molecular weight excluding hydrogens is 525 g/mol. The molecular formula is C36H24NO3P. The van der Waals surface area contributed by atoms with E-state index in [1.807, 2.05) is 66.7 Å². The molecule has 6 aromatic carbocycles. The lowest BCUT2D eigenvalue weighted by molar-refractivity contribution is 0.462. The fourth-order valence-electron chi connectivity index (χ4n) is 6.73. The fraction of sp³-hybridized carbons (Fsp3) is 0.0556. The minimum Gasteiger partial charge on any atom is -0.456 e. The number of para-hydroxylation sites is 1. The lowest BCUT2D eigenvalue weighted by Gasteiger charge is -2.35. The maximum Gasteiger partial charge on any atom is 0.186 e. The summed E-state index contributed by atoms with van der Waals surface area (Å²) >= 11 is 0. The van der Waals surface area contributed by atoms with Gasteiger partial charge in [-0.05, 0) is 67.1 Å². The Labute approximate surface area is 236 Å². The molecule has 1 unspecified atom stereocenters. The molecule has 2 aliphatic rings. The van der Waals surface area contributed by atoms with Gasteiger partial charge in [-0.1, -0.05) is 65.7 Å². The smallest absolute Gasteiger partial charge is 0.186 e. The predicted molar refractivity (Wildman–Crippen MR) is 167 cm³/mol. The van der Waals surface area contributed by atoms with Crippen LogP contribution in [0.3, 0.4) is 0 Å². The molecule has 0 N–H and O–H groups in total. The van der Waals surface area contributed by atoms with Gasteiger partial charge in [0.1, 0.15) is 28.3 Å². The van der Waals surface area contributed by atoms with E-state index in [0.717, 1.165) is 32.8 Å². The van der Waals surface area contributed by atoms with Crippen LogP contribution in [0.25, 0.3) is 38.3 Å². The third-order valence-electron chi connectivity index (χ3n) is 8.50. The van der Waals surface area contributed by atoms with E-state index in [2.05, 4.69) is 60.9 Å². The third-order valence-corrected chi connectivity index (χ3v) is 11.7. The second-order valence-corrected chi connectivity index (χ2v) is 13.7. The first kappa shape index (κ1) is 23.0. The average Bonchev–Trinajstić information content (AvgIpc) is 3.29. The van der Waals surface area contributed by atoms with Crippen LogP contribution < -0.4 is 25.4 Å². The molecule has 7 aromatic rings. The van der Waals surface area contributed by atoms with Crippen LogP contribution in [0, 0.1) is 13.8 Å². The quantitative estimate of drug-likeness (QED) is 0.193. The molecule has 3 heterocycles. The summed E-state index contributed by atoms with van der Waals surface area (Å²) in [7, 11) is -3.33. The van der Waals surface area contributed by atoms with E-state index in [-0.39, 0.29) is 0 Å². The van der Waals surface area contributed by atoms with E-state index in [4.69, 9.17) is 9.47 Å². The van der Waals surface area contributed by atoms with E-state index in [0.29, 0.717) is 33.6 Å². The lowest BCUT2D eigenvalue weighted by Crippen LogP contribution is -2.35. The summed E-state index contributed by atoms with van der Waals surface area (Å²) in [6.45, 7) is 4.25. The zero-order valence-corrected chi connectivity index (χ0v) is 23.4. The van der Waals surface area contributed by atoms with Gasteiger partial charge in [-0.3, -0.25) is 0 Å². The Bertz CT molecular complexity index is 2250. The van der Waals surface area contributed by atoms with Crippen molar-refractivity contribution < 1.29 is 14.0 Å². The van der Waals surface area contributed by atoms with Crippen LogP contribution >= 0.6 is 7.14 Å². The van der Waals surface area contributed by atoms with Gasteiger partial charge < -0.3 is 18.6 Å². The lowest BCUT2D eigenvalue weighted by atomic mass is 10.1. The van der Waals surface area contributed by atoms with Gasteiger partial charge in [0.2, 0.25) is 0 Å². The zero-order valence-electron chi connectivity index (χ0n) is 22.5. The summed E-state index contributed by atoms with van der Waals surface area (Å²) in [6.07, 6.45) is 0. The van der Waals surface area contributed by atoms with Gasteiger partial charge in [0.25, 0.3) is 0 Å². The Balaban J connectivity index is 1.39. The van der Waals surface area contributed by atoms with Crippen LogP contribution in [0.15, 0.2) is 109 Å². The van der Waals surface area contributed by atoms with Gasteiger partial charge in [-0.15, -0.1) is 0 Å². The minimum atomic E-state index is -3.33. The van der Waals surface area contributed by atoms with E-state index in [1.165, 1.54) is 21.9 Å². The Morgan fingerprint density at radius 3 is 1.93 bits per heavy atom. The number of rotatable bonds is 1. The number of aromatic nitrogens is 1. The van der Waals surface area contributed by atoms with Crippen molar-refractivity contribution in [3.05, 3.63) is 120 Å². The highest BCUT2D eigenvalue weighted by atomic mass is 31.2. The number of hydrogen-bond donors (Lipinski definition) is 0. The molecule has 0 bridgehead atoms. The molecule has 0 radical (unpaired) electrons. The molecule has 1 aromatic heterocycles. The largest absolute Gasteiger partial charge is 0.456 e. The van der Waals surface area contributed by atoms with Crippen LogP contribution in [0.4, 0.5) is 0 Å². The molecule has 0 spiro atoms. The molecule has 0 fully saturated rings. The van der Waals surface area contributed by atoms with Crippen molar-refractivity contribution in [3.63, 3.8) is 0 Å². The Hall–Kier alpha value is -4.79. The molecule has 1 atom stereocenters. The first-order valence-corrected chi connectivity index (χ1v) is 15.5. The van der Waals surface area contributed by atoms with E-state index in [9.17, 15) is 0 Å². The number of aryl methyl sites for hydroxylation is 2. The van der Waals surface area contributed by atoms with Crippen LogP contribution in [0.1, 0.15) is 11.1 Å². The Morgan fingerprint density at radius 2 is 1.20 bits per heavy atom. The molecule has 4 nitrogen and oxygen atoms in total. The first-order chi connectivity index (χ1) is 20.0. The standard InChI is InChI=1S/C36H24NO3P/c1-21-11-14-28-26(17-21)27-18-22(2)12-15-29(27)37(28)24-19-32-36-33(20-24)40-31-16-13-23-7-3-4-8-25(23)35(31)41(36,38)34-10-6-5-9-30(34)39-32/h3-20H,1-2H3. The molecule has 0 amide bonds. The number of benzene rings is 6. The van der Waals surface area contributed by atoms with Gasteiger partial charge >= 0.3 is 0 Å². The van der Waals surface area contributed by atoms with E-state index < -0.39 is 7.14 Å². The van der Waals surface area contributed by atoms with Crippen LogP contribution in [0.5, 0.6) is 23.0 Å². The fourth-order valence-corrected chi connectivity index (χ4v) is 9.97. The number of ether oxygens (including phenoxy) is 2. The molecule has 0 aliphatic carbocycles. The Kier molecular flexibility index (Phi) is 4.43. The van der Waals surface area contributed by atoms with Crippen molar-refractivity contribution in [1.29, 1.82) is 0 Å². The second-order valence-electron chi connectivity index (χ2n) is 11.1. The van der Waals surface area contributed by atoms with Crippen molar-refractivity contribution in [2.75, 3.05) is 0 Å². The summed E-state index contributed by atoms with van der Waals surface area (Å²) in [5, 5.41) is 6.47. The predicted octanol–water partition coefficient (Wildman–Crippen LogP) is 8.40. The summed E-state index contributed by atoms with van der Waals surface area (Å²) in [5.41, 5.74) is 5.54. The molecule has 0 saturated carbocycles. The van der Waals surface area contributed by atoms with E-state index >= 15 is 4.57 Å². The third kappa shape index (κ3) is 2.98. The second kappa shape index (κ2) is 7.90. The summed E-state index contributed by atoms with van der Waals surface area (Å²) in [5.74, 6) is 2.41. The SMILES string of the molecule is Cc1ccc2c(c1)c1cc(C)ccc1n2-c1cc2c3c(c1)Oc1ccc4ccccc4c1P3(=O)c1ccccc1O2. The summed E-state index contributed by atoms with van der Waals surface area (Å²) in [6, 6.07) is 37.0. The topological polar surface area (TPSA) is 40.5 Å². The van der Waals surface area contributed by atoms with Crippen molar-refractivity contribution in [3.8, 4) is 28.7 Å². The molecule has 2 aliphatic heterocycles. The van der Waals surface area contributed by atoms with Gasteiger partial charge in [-0.2, -0.15) is 0 Å². The van der Waals surface area contributed by atoms with E-state index in [1.54, 1.807) is 0 Å². The molecule has 41 heavy (non-hydrogen) atoms. The van der Waals surface area contributed by atoms with Gasteiger partial charge in [0, 0.05) is 22.9 Å².